The summed E-state index contributed by atoms with van der Waals surface area (Å²) in [5, 5.41) is 11.0. The molecule has 2 nitrogen and oxygen atoms in total. The average molecular weight is 314 g/mol. The number of aliphatic hydroxyl groups excluding tert-OH is 1. The van der Waals surface area contributed by atoms with E-state index in [9.17, 15) is 9.50 Å². The van der Waals surface area contributed by atoms with Crippen LogP contribution in [0, 0.1) is 5.82 Å². The number of nitrogens with two attached hydrogens (primary N) is 1. The topological polar surface area (TPSA) is 46.2 Å². The maximum atomic E-state index is 13.5. The van der Waals surface area contributed by atoms with Gasteiger partial charge in [-0.2, -0.15) is 0 Å². The number of benzene rings is 2. The second-order valence-electron chi connectivity index (χ2n) is 4.87. The van der Waals surface area contributed by atoms with Gasteiger partial charge in [0.15, 0.2) is 0 Å². The van der Waals surface area contributed by atoms with Crippen molar-refractivity contribution < 1.29 is 9.50 Å². The summed E-state index contributed by atoms with van der Waals surface area (Å²) in [5.74, 6) is -0.588. The fraction of sp³-hybridized carbons (Fsp3) is 0.200. The zero-order valence-electron chi connectivity index (χ0n) is 10.8. The molecule has 2 rings (SSSR count). The van der Waals surface area contributed by atoms with Crippen LogP contribution < -0.4 is 5.73 Å². The summed E-state index contributed by atoms with van der Waals surface area (Å²) >= 11 is 11.5. The van der Waals surface area contributed by atoms with Gasteiger partial charge in [-0.15, -0.1) is 0 Å². The summed E-state index contributed by atoms with van der Waals surface area (Å²) in [6, 6.07) is 11.0. The van der Waals surface area contributed by atoms with Gasteiger partial charge in [-0.25, -0.2) is 4.39 Å². The molecular formula is C15H14Cl2FNO. The first-order chi connectivity index (χ1) is 9.32. The lowest BCUT2D eigenvalue weighted by Crippen LogP contribution is -2.39. The van der Waals surface area contributed by atoms with Crippen LogP contribution in [0.15, 0.2) is 42.5 Å². The molecule has 0 radical (unpaired) electrons. The predicted molar refractivity (Wildman–Crippen MR) is 79.4 cm³/mol. The Balaban J connectivity index is 2.37. The zero-order chi connectivity index (χ0) is 14.9. The molecule has 0 heterocycles. The lowest BCUT2D eigenvalue weighted by atomic mass is 9.84. The van der Waals surface area contributed by atoms with Crippen LogP contribution in [-0.4, -0.2) is 5.11 Å². The van der Waals surface area contributed by atoms with Crippen LogP contribution in [0.4, 0.5) is 4.39 Å². The van der Waals surface area contributed by atoms with Crippen LogP contribution in [-0.2, 0) is 5.54 Å². The van der Waals surface area contributed by atoms with Crippen molar-refractivity contribution in [1.29, 1.82) is 0 Å². The number of hydrogen-bond acceptors (Lipinski definition) is 2. The van der Waals surface area contributed by atoms with Gasteiger partial charge in [-0.05, 0) is 42.3 Å². The quantitative estimate of drug-likeness (QED) is 0.898. The van der Waals surface area contributed by atoms with Gasteiger partial charge in [0, 0.05) is 5.02 Å². The first kappa shape index (κ1) is 15.3. The third-order valence-electron chi connectivity index (χ3n) is 3.29. The van der Waals surface area contributed by atoms with E-state index in [1.165, 1.54) is 12.1 Å². The molecule has 0 aliphatic heterocycles. The Morgan fingerprint density at radius 3 is 2.30 bits per heavy atom. The van der Waals surface area contributed by atoms with Gasteiger partial charge in [0.25, 0.3) is 0 Å². The highest BCUT2D eigenvalue weighted by molar-refractivity contribution is 6.30. The van der Waals surface area contributed by atoms with Gasteiger partial charge in [0.1, 0.15) is 11.9 Å². The Labute approximate surface area is 126 Å². The monoisotopic (exact) mass is 313 g/mol. The van der Waals surface area contributed by atoms with E-state index in [4.69, 9.17) is 28.9 Å². The van der Waals surface area contributed by atoms with Crippen molar-refractivity contribution in [3.63, 3.8) is 0 Å². The second-order valence-corrected chi connectivity index (χ2v) is 5.71. The molecule has 0 aromatic heterocycles. The maximum absolute atomic E-state index is 13.5. The third-order valence-corrected chi connectivity index (χ3v) is 3.85. The Bertz CT molecular complexity index is 614. The summed E-state index contributed by atoms with van der Waals surface area (Å²) in [6.45, 7) is 1.67. The molecule has 0 amide bonds. The van der Waals surface area contributed by atoms with Crippen molar-refractivity contribution >= 4 is 23.2 Å². The van der Waals surface area contributed by atoms with E-state index in [1.807, 2.05) is 0 Å². The predicted octanol–water partition coefficient (Wildman–Crippen LogP) is 4.04. The smallest absolute Gasteiger partial charge is 0.142 e. The molecule has 0 spiro atoms. The Morgan fingerprint density at radius 2 is 1.75 bits per heavy atom. The molecule has 0 fully saturated rings. The number of aliphatic hydroxyl groups is 1. The molecule has 2 atom stereocenters. The van der Waals surface area contributed by atoms with Crippen molar-refractivity contribution in [2.24, 2.45) is 5.73 Å². The van der Waals surface area contributed by atoms with Crippen molar-refractivity contribution in [1.82, 2.24) is 0 Å². The van der Waals surface area contributed by atoms with Crippen molar-refractivity contribution in [3.05, 3.63) is 69.5 Å². The van der Waals surface area contributed by atoms with E-state index in [-0.39, 0.29) is 5.02 Å². The minimum absolute atomic E-state index is 0.00571. The lowest BCUT2D eigenvalue weighted by Gasteiger charge is -2.31. The summed E-state index contributed by atoms with van der Waals surface area (Å²) in [7, 11) is 0. The molecule has 2 aromatic carbocycles. The maximum Gasteiger partial charge on any atom is 0.142 e. The summed E-state index contributed by atoms with van der Waals surface area (Å²) < 4.78 is 13.5. The van der Waals surface area contributed by atoms with Crippen LogP contribution in [0.5, 0.6) is 0 Å². The van der Waals surface area contributed by atoms with Gasteiger partial charge in [-0.1, -0.05) is 41.4 Å². The molecule has 0 saturated carbocycles. The summed E-state index contributed by atoms with van der Waals surface area (Å²) in [6.07, 6.45) is -1.07. The minimum atomic E-state index is -1.08. The molecule has 5 heteroatoms. The van der Waals surface area contributed by atoms with E-state index in [1.54, 1.807) is 37.3 Å². The molecule has 2 aromatic rings. The zero-order valence-corrected chi connectivity index (χ0v) is 12.3. The number of hydrogen-bond donors (Lipinski definition) is 2. The van der Waals surface area contributed by atoms with Crippen LogP contribution in [0.25, 0.3) is 0 Å². The highest BCUT2D eigenvalue weighted by Crippen LogP contribution is 2.34. The number of rotatable bonds is 3. The van der Waals surface area contributed by atoms with E-state index in [2.05, 4.69) is 0 Å². The molecular weight excluding hydrogens is 300 g/mol. The van der Waals surface area contributed by atoms with E-state index in [0.29, 0.717) is 16.1 Å². The van der Waals surface area contributed by atoms with Crippen LogP contribution in [0.2, 0.25) is 10.0 Å². The first-order valence-corrected chi connectivity index (χ1v) is 6.76. The van der Waals surface area contributed by atoms with Crippen LogP contribution in [0.3, 0.4) is 0 Å². The van der Waals surface area contributed by atoms with E-state index in [0.717, 1.165) is 0 Å². The molecule has 0 aliphatic carbocycles. The molecule has 20 heavy (non-hydrogen) atoms. The SMILES string of the molecule is CC(N)(c1ccc(Cl)cc1)C(O)c1ccc(Cl)c(F)c1. The third kappa shape index (κ3) is 2.96. The van der Waals surface area contributed by atoms with Crippen molar-refractivity contribution in [2.45, 2.75) is 18.6 Å². The fourth-order valence-corrected chi connectivity index (χ4v) is 2.24. The molecule has 0 bridgehead atoms. The Hall–Kier alpha value is -1.13. The summed E-state index contributed by atoms with van der Waals surface area (Å²) in [4.78, 5) is 0. The van der Waals surface area contributed by atoms with Gasteiger partial charge in [-0.3, -0.25) is 0 Å². The first-order valence-electron chi connectivity index (χ1n) is 6.00. The van der Waals surface area contributed by atoms with Crippen LogP contribution >= 0.6 is 23.2 Å². The Kier molecular flexibility index (Phi) is 4.35. The highest BCUT2D eigenvalue weighted by atomic mass is 35.5. The molecule has 0 saturated heterocycles. The molecule has 106 valence electrons. The normalized spacial score (nSPS) is 15.7. The second kappa shape index (κ2) is 5.70. The molecule has 0 aliphatic rings. The van der Waals surface area contributed by atoms with E-state index < -0.39 is 17.5 Å². The van der Waals surface area contributed by atoms with Gasteiger partial charge in [0.05, 0.1) is 10.6 Å². The highest BCUT2D eigenvalue weighted by Gasteiger charge is 2.32. The Morgan fingerprint density at radius 1 is 1.15 bits per heavy atom. The lowest BCUT2D eigenvalue weighted by molar-refractivity contribution is 0.0929. The van der Waals surface area contributed by atoms with Gasteiger partial charge < -0.3 is 10.8 Å². The van der Waals surface area contributed by atoms with Crippen molar-refractivity contribution in [3.8, 4) is 0 Å². The largest absolute Gasteiger partial charge is 0.386 e. The van der Waals surface area contributed by atoms with Gasteiger partial charge in [0.2, 0.25) is 0 Å². The summed E-state index contributed by atoms with van der Waals surface area (Å²) in [5.41, 5.74) is 6.19. The van der Waals surface area contributed by atoms with E-state index >= 15 is 0 Å². The molecule has 2 unspecified atom stereocenters. The van der Waals surface area contributed by atoms with Crippen LogP contribution in [0.1, 0.15) is 24.2 Å². The average Bonchev–Trinajstić information content (AvgIpc) is 2.41. The minimum Gasteiger partial charge on any atom is -0.386 e. The fourth-order valence-electron chi connectivity index (χ4n) is 2.00. The molecule has 3 N–H and O–H groups in total. The van der Waals surface area contributed by atoms with Gasteiger partial charge >= 0.3 is 0 Å². The standard InChI is InChI=1S/C15H14Cl2FNO/c1-15(19,10-3-5-11(16)6-4-10)14(20)9-2-7-12(17)13(18)8-9/h2-8,14,20H,19H2,1H3. The van der Waals surface area contributed by atoms with Crippen molar-refractivity contribution in [2.75, 3.05) is 0 Å². The number of halogens is 3.